The van der Waals surface area contributed by atoms with E-state index in [1.165, 1.54) is 6.92 Å². The maximum absolute atomic E-state index is 12.0. The Bertz CT molecular complexity index is 690. The van der Waals surface area contributed by atoms with Crippen molar-refractivity contribution in [3.05, 3.63) is 59.4 Å². The molecule has 0 radical (unpaired) electrons. The van der Waals surface area contributed by atoms with Gasteiger partial charge in [-0.3, -0.25) is 9.59 Å². The van der Waals surface area contributed by atoms with E-state index in [-0.39, 0.29) is 24.3 Å². The summed E-state index contributed by atoms with van der Waals surface area (Å²) in [6.45, 7) is 2.99. The van der Waals surface area contributed by atoms with E-state index < -0.39 is 5.97 Å². The molecule has 23 heavy (non-hydrogen) atoms. The monoisotopic (exact) mass is 314 g/mol. The summed E-state index contributed by atoms with van der Waals surface area (Å²) in [6.07, 6.45) is 1.60. The molecule has 0 aliphatic carbocycles. The number of carbonyl (C=O) groups excluding carboxylic acids is 3. The lowest BCUT2D eigenvalue weighted by Crippen LogP contribution is -2.23. The quantitative estimate of drug-likeness (QED) is 0.632. The third-order valence-corrected chi connectivity index (χ3v) is 3.30. The van der Waals surface area contributed by atoms with Gasteiger partial charge in [-0.25, -0.2) is 4.79 Å². The topological polar surface area (TPSA) is 88.3 Å². The lowest BCUT2D eigenvalue weighted by atomic mass is 10.0. The number of benzene rings is 1. The molecule has 1 heterocycles. The molecule has 1 aromatic carbocycles. The molecule has 0 aliphatic heterocycles. The molecule has 2 aromatic rings. The highest BCUT2D eigenvalue weighted by Crippen LogP contribution is 2.14. The van der Waals surface area contributed by atoms with Gasteiger partial charge >= 0.3 is 5.97 Å². The molecule has 0 aliphatic rings. The van der Waals surface area contributed by atoms with Crippen LogP contribution in [0.3, 0.4) is 0 Å². The molecular weight excluding hydrogens is 296 g/mol. The van der Waals surface area contributed by atoms with Gasteiger partial charge in [-0.15, -0.1) is 0 Å². The minimum atomic E-state index is -0.570. The van der Waals surface area contributed by atoms with E-state index in [0.29, 0.717) is 11.3 Å². The van der Waals surface area contributed by atoms with Crippen molar-refractivity contribution in [3.63, 3.8) is 0 Å². The molecule has 2 N–H and O–H groups in total. The molecule has 0 unspecified atom stereocenters. The van der Waals surface area contributed by atoms with Crippen LogP contribution in [0.5, 0.6) is 0 Å². The van der Waals surface area contributed by atoms with Crippen molar-refractivity contribution in [2.75, 3.05) is 6.61 Å². The van der Waals surface area contributed by atoms with E-state index in [9.17, 15) is 14.4 Å². The average Bonchev–Trinajstić information content (AvgIpc) is 3.06. The van der Waals surface area contributed by atoms with Gasteiger partial charge in [0, 0.05) is 18.7 Å². The fourth-order valence-electron chi connectivity index (χ4n) is 2.10. The Balaban J connectivity index is 1.92. The van der Waals surface area contributed by atoms with Crippen molar-refractivity contribution in [3.8, 4) is 0 Å². The largest absolute Gasteiger partial charge is 0.453 e. The summed E-state index contributed by atoms with van der Waals surface area (Å²) in [5.74, 6) is -0.975. The summed E-state index contributed by atoms with van der Waals surface area (Å²) >= 11 is 0. The van der Waals surface area contributed by atoms with Crippen LogP contribution in [0.1, 0.15) is 46.3 Å². The summed E-state index contributed by atoms with van der Waals surface area (Å²) in [7, 11) is 0. The van der Waals surface area contributed by atoms with Gasteiger partial charge in [0.15, 0.2) is 12.4 Å². The van der Waals surface area contributed by atoms with Gasteiger partial charge in [0.05, 0.1) is 6.04 Å². The number of ether oxygens (including phenoxy) is 1. The van der Waals surface area contributed by atoms with Gasteiger partial charge in [-0.05, 0) is 24.6 Å². The number of hydrogen-bond donors (Lipinski definition) is 2. The smallest absolute Gasteiger partial charge is 0.355 e. The number of amides is 1. The SMILES string of the molecule is CC(=O)N[C@H](C)c1ccc(C(=O)COC(=O)c2ccc[nH]2)cc1. The Hall–Kier alpha value is -2.89. The van der Waals surface area contributed by atoms with Gasteiger partial charge < -0.3 is 15.0 Å². The highest BCUT2D eigenvalue weighted by molar-refractivity contribution is 5.99. The first-order valence-corrected chi connectivity index (χ1v) is 7.18. The fraction of sp³-hybridized carbons (Fsp3) is 0.235. The molecule has 0 fully saturated rings. The van der Waals surface area contributed by atoms with Crippen LogP contribution >= 0.6 is 0 Å². The minimum absolute atomic E-state index is 0.117. The van der Waals surface area contributed by atoms with Crippen LogP contribution < -0.4 is 5.32 Å². The molecule has 6 nitrogen and oxygen atoms in total. The molecule has 1 atom stereocenters. The fourth-order valence-corrected chi connectivity index (χ4v) is 2.10. The zero-order valence-corrected chi connectivity index (χ0v) is 13.0. The van der Waals surface area contributed by atoms with Crippen LogP contribution in [0.2, 0.25) is 0 Å². The van der Waals surface area contributed by atoms with Gasteiger partial charge in [0.1, 0.15) is 5.69 Å². The van der Waals surface area contributed by atoms with Crippen molar-refractivity contribution >= 4 is 17.7 Å². The molecule has 1 amide bonds. The third kappa shape index (κ3) is 4.54. The Labute approximate surface area is 133 Å². The minimum Gasteiger partial charge on any atom is -0.453 e. The predicted octanol–water partition coefficient (Wildman–Crippen LogP) is 2.25. The van der Waals surface area contributed by atoms with Crippen LogP contribution in [0, 0.1) is 0 Å². The Kier molecular flexibility index (Phi) is 5.30. The average molecular weight is 314 g/mol. The van der Waals surface area contributed by atoms with Gasteiger partial charge in [0.25, 0.3) is 0 Å². The Morgan fingerprint density at radius 1 is 1.17 bits per heavy atom. The predicted molar refractivity (Wildman–Crippen MR) is 84.1 cm³/mol. The molecule has 0 saturated carbocycles. The summed E-state index contributed by atoms with van der Waals surface area (Å²) in [5, 5.41) is 2.77. The first-order valence-electron chi connectivity index (χ1n) is 7.18. The van der Waals surface area contributed by atoms with E-state index in [4.69, 9.17) is 4.74 Å². The lowest BCUT2D eigenvalue weighted by molar-refractivity contribution is -0.119. The number of rotatable bonds is 6. The lowest BCUT2D eigenvalue weighted by Gasteiger charge is -2.13. The van der Waals surface area contributed by atoms with Crippen LogP contribution in [-0.4, -0.2) is 29.3 Å². The van der Waals surface area contributed by atoms with Gasteiger partial charge in [-0.1, -0.05) is 24.3 Å². The second kappa shape index (κ2) is 7.40. The number of Topliss-reactive ketones (excluding diaryl/α,β-unsaturated/α-hetero) is 1. The van der Waals surface area contributed by atoms with Gasteiger partial charge in [0.2, 0.25) is 5.91 Å². The number of aromatic amines is 1. The zero-order valence-electron chi connectivity index (χ0n) is 13.0. The standard InChI is InChI=1S/C17H18N2O4/c1-11(19-12(2)20)13-5-7-14(8-6-13)16(21)10-23-17(22)15-4-3-9-18-15/h3-9,11,18H,10H2,1-2H3,(H,19,20)/t11-/m1/s1. The number of nitrogens with one attached hydrogen (secondary N) is 2. The first kappa shape index (κ1) is 16.5. The van der Waals surface area contributed by atoms with Crippen molar-refractivity contribution in [1.82, 2.24) is 10.3 Å². The highest BCUT2D eigenvalue weighted by atomic mass is 16.5. The van der Waals surface area contributed by atoms with Crippen molar-refractivity contribution in [2.24, 2.45) is 0 Å². The number of esters is 1. The molecule has 6 heteroatoms. The number of ketones is 1. The summed E-state index contributed by atoms with van der Waals surface area (Å²) in [6, 6.07) is 9.94. The third-order valence-electron chi connectivity index (χ3n) is 3.30. The number of aromatic nitrogens is 1. The number of carbonyl (C=O) groups is 3. The Morgan fingerprint density at radius 2 is 1.87 bits per heavy atom. The molecule has 120 valence electrons. The molecule has 0 spiro atoms. The Morgan fingerprint density at radius 3 is 2.43 bits per heavy atom. The molecular formula is C17H18N2O4. The molecule has 0 bridgehead atoms. The number of H-pyrrole nitrogens is 1. The van der Waals surface area contributed by atoms with Crippen LogP contribution in [-0.2, 0) is 9.53 Å². The van der Waals surface area contributed by atoms with Crippen LogP contribution in [0.4, 0.5) is 0 Å². The highest BCUT2D eigenvalue weighted by Gasteiger charge is 2.13. The maximum atomic E-state index is 12.0. The second-order valence-electron chi connectivity index (χ2n) is 5.13. The van der Waals surface area contributed by atoms with E-state index in [1.54, 1.807) is 42.6 Å². The summed E-state index contributed by atoms with van der Waals surface area (Å²) in [5.41, 5.74) is 1.64. The molecule has 0 saturated heterocycles. The first-order chi connectivity index (χ1) is 11.0. The zero-order chi connectivity index (χ0) is 16.8. The van der Waals surface area contributed by atoms with Crippen LogP contribution in [0.15, 0.2) is 42.6 Å². The maximum Gasteiger partial charge on any atom is 0.355 e. The van der Waals surface area contributed by atoms with Crippen molar-refractivity contribution < 1.29 is 19.1 Å². The molecule has 2 rings (SSSR count). The van der Waals surface area contributed by atoms with E-state index in [1.807, 2.05) is 6.92 Å². The van der Waals surface area contributed by atoms with Crippen molar-refractivity contribution in [1.29, 1.82) is 0 Å². The van der Waals surface area contributed by atoms with E-state index >= 15 is 0 Å². The number of hydrogen-bond acceptors (Lipinski definition) is 4. The van der Waals surface area contributed by atoms with Crippen molar-refractivity contribution in [2.45, 2.75) is 19.9 Å². The summed E-state index contributed by atoms with van der Waals surface area (Å²) < 4.78 is 4.96. The normalized spacial score (nSPS) is 11.6. The van der Waals surface area contributed by atoms with E-state index in [0.717, 1.165) is 5.56 Å². The van der Waals surface area contributed by atoms with Gasteiger partial charge in [-0.2, -0.15) is 0 Å². The van der Waals surface area contributed by atoms with E-state index in [2.05, 4.69) is 10.3 Å². The molecule has 1 aromatic heterocycles. The summed E-state index contributed by atoms with van der Waals surface area (Å²) in [4.78, 5) is 37.4. The second-order valence-corrected chi connectivity index (χ2v) is 5.13. The van der Waals surface area contributed by atoms with Crippen LogP contribution in [0.25, 0.3) is 0 Å².